The van der Waals surface area contributed by atoms with Gasteiger partial charge in [-0.3, -0.25) is 4.79 Å². The lowest BCUT2D eigenvalue weighted by atomic mass is 10.1. The molecule has 0 saturated heterocycles. The summed E-state index contributed by atoms with van der Waals surface area (Å²) in [4.78, 5) is 22.0. The summed E-state index contributed by atoms with van der Waals surface area (Å²) >= 11 is 0. The Hall–Kier alpha value is -1.89. The van der Waals surface area contributed by atoms with Crippen LogP contribution >= 0.6 is 0 Å². The molecule has 0 heterocycles. The van der Waals surface area contributed by atoms with E-state index in [1.54, 1.807) is 0 Å². The monoisotopic (exact) mass is 286 g/mol. The van der Waals surface area contributed by atoms with Gasteiger partial charge in [0.2, 0.25) is 0 Å². The zero-order valence-electron chi connectivity index (χ0n) is 10.5. The third kappa shape index (κ3) is 2.93. The van der Waals surface area contributed by atoms with Gasteiger partial charge in [0.15, 0.2) is 14.6 Å². The lowest BCUT2D eigenvalue weighted by molar-refractivity contribution is -0.139. The van der Waals surface area contributed by atoms with Gasteiger partial charge in [0.1, 0.15) is 0 Å². The predicted octanol–water partition coefficient (Wildman–Crippen LogP) is 1.16. The van der Waals surface area contributed by atoms with Crippen molar-refractivity contribution in [1.29, 1.82) is 0 Å². The largest absolute Gasteiger partial charge is 0.480 e. The number of hydrogen-bond donors (Lipinski definition) is 2. The van der Waals surface area contributed by atoms with Crippen LogP contribution in [0.5, 0.6) is 0 Å². The Morgan fingerprint density at radius 1 is 1.16 bits per heavy atom. The molecule has 0 amide bonds. The quantitative estimate of drug-likeness (QED) is 0.840. The Morgan fingerprint density at radius 2 is 1.68 bits per heavy atom. The standard InChI is InChI=1S/C12H14O6S/c1-12(2,11(15)16)19(17,18)7-8-5-3-4-6-9(8)10(13)14/h3-6H,7H2,1-2H3,(H,13,14)(H,15,16). The van der Waals surface area contributed by atoms with Crippen LogP contribution in [0.15, 0.2) is 24.3 Å². The molecule has 0 atom stereocenters. The highest BCUT2D eigenvalue weighted by Gasteiger charge is 2.42. The van der Waals surface area contributed by atoms with Crippen LogP contribution in [0.2, 0.25) is 0 Å². The number of aromatic carboxylic acids is 1. The van der Waals surface area contributed by atoms with Crippen LogP contribution in [0, 0.1) is 0 Å². The minimum absolute atomic E-state index is 0.0734. The third-order valence-corrected chi connectivity index (χ3v) is 5.31. The van der Waals surface area contributed by atoms with Crippen molar-refractivity contribution in [2.75, 3.05) is 0 Å². The lowest BCUT2D eigenvalue weighted by Crippen LogP contribution is -2.41. The molecule has 0 spiro atoms. The number of carbonyl (C=O) groups is 2. The van der Waals surface area contributed by atoms with E-state index in [1.165, 1.54) is 24.3 Å². The SMILES string of the molecule is CC(C)(C(=O)O)S(=O)(=O)Cc1ccccc1C(=O)O. The normalized spacial score (nSPS) is 12.1. The smallest absolute Gasteiger partial charge is 0.335 e. The number of sulfone groups is 1. The number of benzene rings is 1. The van der Waals surface area contributed by atoms with E-state index in [0.29, 0.717) is 0 Å². The predicted molar refractivity (Wildman–Crippen MR) is 67.7 cm³/mol. The van der Waals surface area contributed by atoms with Crippen molar-refractivity contribution >= 4 is 21.8 Å². The molecule has 7 heteroatoms. The minimum Gasteiger partial charge on any atom is -0.480 e. The highest BCUT2D eigenvalue weighted by molar-refractivity contribution is 7.92. The van der Waals surface area contributed by atoms with E-state index in [2.05, 4.69) is 0 Å². The summed E-state index contributed by atoms with van der Waals surface area (Å²) in [5.74, 6) is -3.35. The first-order valence-corrected chi connectivity index (χ1v) is 7.01. The van der Waals surface area contributed by atoms with Crippen molar-refractivity contribution in [2.45, 2.75) is 24.3 Å². The van der Waals surface area contributed by atoms with Crippen molar-refractivity contribution in [3.05, 3.63) is 35.4 Å². The molecule has 0 aliphatic rings. The Morgan fingerprint density at radius 3 is 2.16 bits per heavy atom. The molecule has 0 bridgehead atoms. The van der Waals surface area contributed by atoms with Gasteiger partial charge in [-0.05, 0) is 25.5 Å². The van der Waals surface area contributed by atoms with Crippen LogP contribution in [0.4, 0.5) is 0 Å². The molecule has 6 nitrogen and oxygen atoms in total. The van der Waals surface area contributed by atoms with Crippen LogP contribution in [0.25, 0.3) is 0 Å². The highest BCUT2D eigenvalue weighted by atomic mass is 32.2. The molecule has 0 aliphatic carbocycles. The molecule has 0 saturated carbocycles. The van der Waals surface area contributed by atoms with Gasteiger partial charge in [0.25, 0.3) is 0 Å². The van der Waals surface area contributed by atoms with Crippen molar-refractivity contribution in [3.8, 4) is 0 Å². The second kappa shape index (κ2) is 5.00. The molecule has 1 aromatic rings. The molecule has 2 N–H and O–H groups in total. The van der Waals surface area contributed by atoms with Gasteiger partial charge in [-0.1, -0.05) is 18.2 Å². The van der Waals surface area contributed by atoms with E-state index in [1.807, 2.05) is 0 Å². The average Bonchev–Trinajstić information content (AvgIpc) is 2.28. The topological polar surface area (TPSA) is 109 Å². The second-order valence-corrected chi connectivity index (χ2v) is 7.08. The molecular weight excluding hydrogens is 272 g/mol. The Kier molecular flexibility index (Phi) is 4.00. The molecule has 0 unspecified atom stereocenters. The second-order valence-electron chi connectivity index (χ2n) is 4.54. The van der Waals surface area contributed by atoms with Gasteiger partial charge in [-0.15, -0.1) is 0 Å². The lowest BCUT2D eigenvalue weighted by Gasteiger charge is -2.20. The van der Waals surface area contributed by atoms with Crippen molar-refractivity contribution in [3.63, 3.8) is 0 Å². The molecule has 0 aliphatic heterocycles. The molecule has 1 rings (SSSR count). The number of carboxylic acids is 2. The summed E-state index contributed by atoms with van der Waals surface area (Å²) in [6, 6.07) is 5.62. The van der Waals surface area contributed by atoms with E-state index in [9.17, 15) is 18.0 Å². The summed E-state index contributed by atoms with van der Waals surface area (Å²) in [6.45, 7) is 2.15. The first kappa shape index (κ1) is 15.2. The van der Waals surface area contributed by atoms with Crippen molar-refractivity contribution in [1.82, 2.24) is 0 Å². The van der Waals surface area contributed by atoms with Crippen LogP contribution in [0.3, 0.4) is 0 Å². The summed E-state index contributed by atoms with van der Waals surface area (Å²) in [5.41, 5.74) is -0.0726. The van der Waals surface area contributed by atoms with E-state index >= 15 is 0 Å². The first-order chi connectivity index (χ1) is 8.59. The van der Waals surface area contributed by atoms with E-state index in [0.717, 1.165) is 13.8 Å². The fraction of sp³-hybridized carbons (Fsp3) is 0.333. The molecule has 104 valence electrons. The fourth-order valence-electron chi connectivity index (χ4n) is 1.37. The van der Waals surface area contributed by atoms with Gasteiger partial charge in [0, 0.05) is 0 Å². The molecular formula is C12H14O6S. The summed E-state index contributed by atoms with van der Waals surface area (Å²) in [6.07, 6.45) is 0. The van der Waals surface area contributed by atoms with E-state index < -0.39 is 32.3 Å². The molecule has 19 heavy (non-hydrogen) atoms. The summed E-state index contributed by atoms with van der Waals surface area (Å²) in [5, 5.41) is 17.9. The number of aliphatic carboxylic acids is 1. The Balaban J connectivity index is 3.24. The number of rotatable bonds is 5. The van der Waals surface area contributed by atoms with Crippen molar-refractivity contribution in [2.24, 2.45) is 0 Å². The molecule has 0 radical (unpaired) electrons. The van der Waals surface area contributed by atoms with Gasteiger partial charge in [-0.25, -0.2) is 13.2 Å². The first-order valence-electron chi connectivity index (χ1n) is 5.36. The summed E-state index contributed by atoms with van der Waals surface area (Å²) in [7, 11) is -4.03. The zero-order valence-corrected chi connectivity index (χ0v) is 11.3. The number of carboxylic acid groups (broad SMARTS) is 2. The minimum atomic E-state index is -4.03. The van der Waals surface area contributed by atoms with Crippen LogP contribution in [0.1, 0.15) is 29.8 Å². The van der Waals surface area contributed by atoms with E-state index in [-0.39, 0.29) is 11.1 Å². The molecule has 0 fully saturated rings. The molecule has 0 aromatic heterocycles. The average molecular weight is 286 g/mol. The zero-order chi connectivity index (χ0) is 14.8. The van der Waals surface area contributed by atoms with E-state index in [4.69, 9.17) is 10.2 Å². The number of hydrogen-bond acceptors (Lipinski definition) is 4. The molecule has 1 aromatic carbocycles. The Bertz CT molecular complexity index is 615. The Labute approximate surface area is 110 Å². The fourth-order valence-corrected chi connectivity index (χ4v) is 2.66. The van der Waals surface area contributed by atoms with Gasteiger partial charge < -0.3 is 10.2 Å². The maximum Gasteiger partial charge on any atom is 0.335 e. The van der Waals surface area contributed by atoms with Gasteiger partial charge in [-0.2, -0.15) is 0 Å². The third-order valence-electron chi connectivity index (χ3n) is 2.89. The van der Waals surface area contributed by atoms with Crippen LogP contribution < -0.4 is 0 Å². The van der Waals surface area contributed by atoms with Gasteiger partial charge in [0.05, 0.1) is 11.3 Å². The van der Waals surface area contributed by atoms with Crippen molar-refractivity contribution < 1.29 is 28.2 Å². The van der Waals surface area contributed by atoms with Crippen LogP contribution in [-0.2, 0) is 20.4 Å². The van der Waals surface area contributed by atoms with Crippen LogP contribution in [-0.4, -0.2) is 35.3 Å². The maximum absolute atomic E-state index is 12.1. The maximum atomic E-state index is 12.1. The summed E-state index contributed by atoms with van der Waals surface area (Å²) < 4.78 is 22.2. The highest BCUT2D eigenvalue weighted by Crippen LogP contribution is 2.23. The van der Waals surface area contributed by atoms with Gasteiger partial charge >= 0.3 is 11.9 Å².